The smallest absolute Gasteiger partial charge is 0.310 e. The number of carboxylic acid groups (broad SMARTS) is 1. The molecule has 0 amide bonds. The summed E-state index contributed by atoms with van der Waals surface area (Å²) in [5, 5.41) is 9.63. The second kappa shape index (κ2) is 3.99. The lowest BCUT2D eigenvalue weighted by Crippen LogP contribution is -2.07. The molecular weight excluding hydrogens is 211 g/mol. The van der Waals surface area contributed by atoms with Crippen molar-refractivity contribution < 1.29 is 9.90 Å². The Balaban J connectivity index is 3.08. The summed E-state index contributed by atoms with van der Waals surface area (Å²) in [5.74, 6) is -1.51. The molecule has 1 aromatic carbocycles. The Morgan fingerprint density at radius 2 is 2.08 bits per heavy atom. The van der Waals surface area contributed by atoms with Crippen LogP contribution in [0.5, 0.6) is 0 Å². The van der Waals surface area contributed by atoms with Crippen LogP contribution in [0.15, 0.2) is 18.2 Å². The van der Waals surface area contributed by atoms with Crippen LogP contribution in [0.25, 0.3) is 0 Å². The molecule has 1 atom stereocenters. The van der Waals surface area contributed by atoms with E-state index >= 15 is 0 Å². The van der Waals surface area contributed by atoms with Crippen molar-refractivity contribution >= 4 is 29.2 Å². The highest BCUT2D eigenvalue weighted by Gasteiger charge is 2.16. The van der Waals surface area contributed by atoms with Gasteiger partial charge in [-0.05, 0) is 24.6 Å². The fourth-order valence-corrected chi connectivity index (χ4v) is 1.56. The molecule has 4 heteroatoms. The van der Waals surface area contributed by atoms with Crippen molar-refractivity contribution in [2.45, 2.75) is 12.8 Å². The number of aliphatic carboxylic acids is 1. The third kappa shape index (κ3) is 2.36. The lowest BCUT2D eigenvalue weighted by molar-refractivity contribution is -0.138. The molecule has 0 saturated carbocycles. The molecule has 1 rings (SSSR count). The van der Waals surface area contributed by atoms with Crippen LogP contribution in [0.2, 0.25) is 10.0 Å². The van der Waals surface area contributed by atoms with E-state index < -0.39 is 11.9 Å². The number of carboxylic acids is 1. The number of rotatable bonds is 2. The predicted octanol–water partition coefficient (Wildman–Crippen LogP) is 3.18. The summed E-state index contributed by atoms with van der Waals surface area (Å²) in [5.41, 5.74) is 0.582. The highest BCUT2D eigenvalue weighted by atomic mass is 35.5. The van der Waals surface area contributed by atoms with Crippen molar-refractivity contribution in [1.29, 1.82) is 0 Å². The standard InChI is InChI=1S/C9H8Cl2O2/c1-5(9(12)13)7-3-2-6(10)4-8(7)11/h2-5H,1H3,(H,12,13)/t5-/m1/s1. The Morgan fingerprint density at radius 3 is 2.54 bits per heavy atom. The van der Waals surface area contributed by atoms with Gasteiger partial charge < -0.3 is 5.11 Å². The van der Waals surface area contributed by atoms with Gasteiger partial charge in [0.2, 0.25) is 0 Å². The van der Waals surface area contributed by atoms with Crippen LogP contribution in [-0.4, -0.2) is 11.1 Å². The Bertz CT molecular complexity index is 336. The summed E-state index contributed by atoms with van der Waals surface area (Å²) in [6, 6.07) is 4.80. The zero-order valence-corrected chi connectivity index (χ0v) is 8.43. The first-order chi connectivity index (χ1) is 6.02. The molecule has 0 radical (unpaired) electrons. The van der Waals surface area contributed by atoms with Crippen molar-refractivity contribution in [3.05, 3.63) is 33.8 Å². The van der Waals surface area contributed by atoms with Crippen LogP contribution in [0.4, 0.5) is 0 Å². The van der Waals surface area contributed by atoms with E-state index in [-0.39, 0.29) is 0 Å². The quantitative estimate of drug-likeness (QED) is 0.829. The molecule has 0 aliphatic rings. The van der Waals surface area contributed by atoms with Gasteiger partial charge in [-0.2, -0.15) is 0 Å². The molecule has 0 unspecified atom stereocenters. The number of carbonyl (C=O) groups is 1. The van der Waals surface area contributed by atoms with Gasteiger partial charge in [-0.3, -0.25) is 4.79 Å². The summed E-state index contributed by atoms with van der Waals surface area (Å²) >= 11 is 11.5. The second-order valence-electron chi connectivity index (χ2n) is 2.73. The zero-order valence-electron chi connectivity index (χ0n) is 6.92. The molecule has 2 nitrogen and oxygen atoms in total. The average Bonchev–Trinajstić information content (AvgIpc) is 2.03. The Hall–Kier alpha value is -0.730. The third-order valence-electron chi connectivity index (χ3n) is 1.80. The maximum absolute atomic E-state index is 10.6. The molecule has 0 aliphatic heterocycles. The SMILES string of the molecule is C[C@@H](C(=O)O)c1ccc(Cl)cc1Cl. The Kier molecular flexibility index (Phi) is 3.17. The molecule has 1 aromatic rings. The number of benzene rings is 1. The molecule has 0 spiro atoms. The highest BCUT2D eigenvalue weighted by molar-refractivity contribution is 6.35. The van der Waals surface area contributed by atoms with E-state index in [2.05, 4.69) is 0 Å². The van der Waals surface area contributed by atoms with E-state index in [1.165, 1.54) is 6.07 Å². The minimum absolute atomic E-state index is 0.391. The average molecular weight is 219 g/mol. The fraction of sp³-hybridized carbons (Fsp3) is 0.222. The van der Waals surface area contributed by atoms with Crippen LogP contribution >= 0.6 is 23.2 Å². The van der Waals surface area contributed by atoms with Gasteiger partial charge in [-0.1, -0.05) is 29.3 Å². The monoisotopic (exact) mass is 218 g/mol. The zero-order chi connectivity index (χ0) is 10.0. The van der Waals surface area contributed by atoms with E-state index in [9.17, 15) is 4.79 Å². The van der Waals surface area contributed by atoms with Gasteiger partial charge in [0.05, 0.1) is 5.92 Å². The van der Waals surface area contributed by atoms with E-state index in [0.29, 0.717) is 15.6 Å². The number of hydrogen-bond donors (Lipinski definition) is 1. The second-order valence-corrected chi connectivity index (χ2v) is 3.57. The minimum Gasteiger partial charge on any atom is -0.481 e. The number of hydrogen-bond acceptors (Lipinski definition) is 1. The van der Waals surface area contributed by atoms with Gasteiger partial charge >= 0.3 is 5.97 Å². The van der Waals surface area contributed by atoms with Crippen LogP contribution in [0.1, 0.15) is 18.4 Å². The summed E-state index contributed by atoms with van der Waals surface area (Å²) in [7, 11) is 0. The van der Waals surface area contributed by atoms with E-state index in [4.69, 9.17) is 28.3 Å². The van der Waals surface area contributed by atoms with Crippen molar-refractivity contribution in [2.24, 2.45) is 0 Å². The van der Waals surface area contributed by atoms with E-state index in [0.717, 1.165) is 0 Å². The summed E-state index contributed by atoms with van der Waals surface area (Å²) in [4.78, 5) is 10.6. The molecule has 1 N–H and O–H groups in total. The molecule has 70 valence electrons. The van der Waals surface area contributed by atoms with E-state index in [1.807, 2.05) is 0 Å². The Morgan fingerprint density at radius 1 is 1.46 bits per heavy atom. The van der Waals surface area contributed by atoms with Gasteiger partial charge in [0.25, 0.3) is 0 Å². The summed E-state index contributed by atoms with van der Waals surface area (Å²) in [6.45, 7) is 1.58. The fourth-order valence-electron chi connectivity index (χ4n) is 0.986. The highest BCUT2D eigenvalue weighted by Crippen LogP contribution is 2.27. The first-order valence-corrected chi connectivity index (χ1v) is 4.45. The first-order valence-electron chi connectivity index (χ1n) is 3.70. The molecular formula is C9H8Cl2O2. The molecule has 0 aliphatic carbocycles. The third-order valence-corrected chi connectivity index (χ3v) is 2.36. The lowest BCUT2D eigenvalue weighted by Gasteiger charge is -2.08. The first kappa shape index (κ1) is 10.4. The van der Waals surface area contributed by atoms with Crippen LogP contribution in [0, 0.1) is 0 Å². The largest absolute Gasteiger partial charge is 0.481 e. The van der Waals surface area contributed by atoms with Crippen LogP contribution < -0.4 is 0 Å². The van der Waals surface area contributed by atoms with Crippen LogP contribution in [-0.2, 0) is 4.79 Å². The lowest BCUT2D eigenvalue weighted by atomic mass is 10.0. The maximum Gasteiger partial charge on any atom is 0.310 e. The normalized spacial score (nSPS) is 12.5. The molecule has 13 heavy (non-hydrogen) atoms. The van der Waals surface area contributed by atoms with Crippen molar-refractivity contribution in [1.82, 2.24) is 0 Å². The van der Waals surface area contributed by atoms with Crippen molar-refractivity contribution in [3.63, 3.8) is 0 Å². The summed E-state index contributed by atoms with van der Waals surface area (Å²) < 4.78 is 0. The molecule has 0 fully saturated rings. The summed E-state index contributed by atoms with van der Waals surface area (Å²) in [6.07, 6.45) is 0. The van der Waals surface area contributed by atoms with Gasteiger partial charge in [0.1, 0.15) is 0 Å². The van der Waals surface area contributed by atoms with Gasteiger partial charge in [-0.15, -0.1) is 0 Å². The minimum atomic E-state index is -0.899. The topological polar surface area (TPSA) is 37.3 Å². The molecule has 0 bridgehead atoms. The number of halogens is 2. The van der Waals surface area contributed by atoms with E-state index in [1.54, 1.807) is 19.1 Å². The molecule has 0 aromatic heterocycles. The maximum atomic E-state index is 10.6. The Labute approximate surface area is 86.1 Å². The van der Waals surface area contributed by atoms with Gasteiger partial charge in [0.15, 0.2) is 0 Å². The van der Waals surface area contributed by atoms with Crippen LogP contribution in [0.3, 0.4) is 0 Å². The predicted molar refractivity (Wildman–Crippen MR) is 52.5 cm³/mol. The van der Waals surface area contributed by atoms with Gasteiger partial charge in [0, 0.05) is 10.0 Å². The molecule has 0 heterocycles. The molecule has 0 saturated heterocycles. The van der Waals surface area contributed by atoms with Crippen molar-refractivity contribution in [3.8, 4) is 0 Å². The van der Waals surface area contributed by atoms with Gasteiger partial charge in [-0.25, -0.2) is 0 Å². The van der Waals surface area contributed by atoms with Crippen molar-refractivity contribution in [2.75, 3.05) is 0 Å².